The number of Topliss-reactive ketones (excluding diaryl/α,β-unsaturated/α-hetero) is 1. The van der Waals surface area contributed by atoms with E-state index in [0.717, 1.165) is 5.92 Å². The van der Waals surface area contributed by atoms with Crippen molar-refractivity contribution in [2.24, 2.45) is 11.8 Å². The molecule has 0 spiro atoms. The van der Waals surface area contributed by atoms with Crippen LogP contribution in [-0.2, 0) is 4.79 Å². The first-order valence-corrected chi connectivity index (χ1v) is 6.23. The van der Waals surface area contributed by atoms with Gasteiger partial charge in [0.05, 0.1) is 6.54 Å². The van der Waals surface area contributed by atoms with Crippen molar-refractivity contribution in [2.45, 2.75) is 52.5 Å². The molecule has 0 radical (unpaired) electrons. The van der Waals surface area contributed by atoms with Gasteiger partial charge in [-0.2, -0.15) is 0 Å². The Morgan fingerprint density at radius 2 is 1.80 bits per heavy atom. The van der Waals surface area contributed by atoms with Crippen molar-refractivity contribution < 1.29 is 4.79 Å². The minimum absolute atomic E-state index is 0.176. The first-order chi connectivity index (χ1) is 7.00. The Hall–Kier alpha value is -0.370. The van der Waals surface area contributed by atoms with Gasteiger partial charge in [0, 0.05) is 12.0 Å². The van der Waals surface area contributed by atoms with Gasteiger partial charge in [0.15, 0.2) is 0 Å². The zero-order valence-corrected chi connectivity index (χ0v) is 10.6. The van der Waals surface area contributed by atoms with Crippen molar-refractivity contribution >= 4 is 5.78 Å². The van der Waals surface area contributed by atoms with Crippen molar-refractivity contribution in [3.63, 3.8) is 0 Å². The standard InChI is InChI=1S/C13H25NO/c1-10(2)13(15)9-14(4)12-7-5-11(3)6-8-12/h10-12H,5-9H2,1-4H3. The predicted molar refractivity (Wildman–Crippen MR) is 63.9 cm³/mol. The summed E-state index contributed by atoms with van der Waals surface area (Å²) in [5.74, 6) is 1.43. The first kappa shape index (κ1) is 12.7. The van der Waals surface area contributed by atoms with Crippen LogP contribution >= 0.6 is 0 Å². The average molecular weight is 211 g/mol. The van der Waals surface area contributed by atoms with E-state index in [1.165, 1.54) is 25.7 Å². The summed E-state index contributed by atoms with van der Waals surface area (Å²) in [6.45, 7) is 6.93. The number of ketones is 1. The van der Waals surface area contributed by atoms with Crippen molar-refractivity contribution in [2.75, 3.05) is 13.6 Å². The Labute approximate surface area is 94.0 Å². The van der Waals surface area contributed by atoms with Crippen LogP contribution in [0.25, 0.3) is 0 Å². The van der Waals surface area contributed by atoms with E-state index in [0.29, 0.717) is 18.4 Å². The van der Waals surface area contributed by atoms with Gasteiger partial charge in [-0.05, 0) is 38.6 Å². The summed E-state index contributed by atoms with van der Waals surface area (Å²) in [6.07, 6.45) is 5.18. The van der Waals surface area contributed by atoms with Crippen LogP contribution in [-0.4, -0.2) is 30.3 Å². The smallest absolute Gasteiger partial charge is 0.149 e. The van der Waals surface area contributed by atoms with E-state index < -0.39 is 0 Å². The normalized spacial score (nSPS) is 27.3. The average Bonchev–Trinajstić information content (AvgIpc) is 2.18. The summed E-state index contributed by atoms with van der Waals surface area (Å²) in [5.41, 5.74) is 0. The SMILES string of the molecule is CC1CCC(N(C)CC(=O)C(C)C)CC1. The number of carbonyl (C=O) groups is 1. The number of rotatable bonds is 4. The molecule has 2 nitrogen and oxygen atoms in total. The third-order valence-electron chi connectivity index (χ3n) is 3.66. The van der Waals surface area contributed by atoms with Crippen LogP contribution < -0.4 is 0 Å². The molecule has 0 N–H and O–H groups in total. The van der Waals surface area contributed by atoms with Gasteiger partial charge >= 0.3 is 0 Å². The first-order valence-electron chi connectivity index (χ1n) is 6.23. The summed E-state index contributed by atoms with van der Waals surface area (Å²) in [7, 11) is 2.10. The summed E-state index contributed by atoms with van der Waals surface area (Å²) < 4.78 is 0. The molecule has 0 atom stereocenters. The molecular formula is C13H25NO. The van der Waals surface area contributed by atoms with Crippen LogP contribution in [0.4, 0.5) is 0 Å². The van der Waals surface area contributed by atoms with E-state index >= 15 is 0 Å². The van der Waals surface area contributed by atoms with Gasteiger partial charge in [-0.1, -0.05) is 20.8 Å². The summed E-state index contributed by atoms with van der Waals surface area (Å²) in [6, 6.07) is 0.642. The molecule has 2 heteroatoms. The van der Waals surface area contributed by atoms with E-state index in [4.69, 9.17) is 0 Å². The fourth-order valence-corrected chi connectivity index (χ4v) is 2.24. The second-order valence-corrected chi connectivity index (χ2v) is 5.45. The summed E-state index contributed by atoms with van der Waals surface area (Å²) in [4.78, 5) is 13.9. The van der Waals surface area contributed by atoms with Gasteiger partial charge < -0.3 is 0 Å². The molecule has 0 aliphatic heterocycles. The quantitative estimate of drug-likeness (QED) is 0.712. The summed E-state index contributed by atoms with van der Waals surface area (Å²) in [5, 5.41) is 0. The van der Waals surface area contributed by atoms with Crippen LogP contribution in [0, 0.1) is 11.8 Å². The zero-order valence-electron chi connectivity index (χ0n) is 10.6. The van der Waals surface area contributed by atoms with Crippen LogP contribution in [0.1, 0.15) is 46.5 Å². The Bertz CT molecular complexity index is 205. The number of hydrogen-bond donors (Lipinski definition) is 0. The molecule has 1 aliphatic carbocycles. The minimum Gasteiger partial charge on any atom is -0.298 e. The summed E-state index contributed by atoms with van der Waals surface area (Å²) >= 11 is 0. The van der Waals surface area contributed by atoms with Crippen molar-refractivity contribution in [3.8, 4) is 0 Å². The number of hydrogen-bond acceptors (Lipinski definition) is 2. The molecule has 0 heterocycles. The molecule has 88 valence electrons. The van der Waals surface area contributed by atoms with Crippen molar-refractivity contribution in [1.82, 2.24) is 4.90 Å². The zero-order chi connectivity index (χ0) is 11.4. The number of likely N-dealkylation sites (N-methyl/N-ethyl adjacent to an activating group) is 1. The largest absolute Gasteiger partial charge is 0.298 e. The highest BCUT2D eigenvalue weighted by Crippen LogP contribution is 2.26. The van der Waals surface area contributed by atoms with Crippen molar-refractivity contribution in [3.05, 3.63) is 0 Å². The molecule has 0 saturated heterocycles. The van der Waals surface area contributed by atoms with E-state index in [-0.39, 0.29) is 5.92 Å². The van der Waals surface area contributed by atoms with Gasteiger partial charge in [0.2, 0.25) is 0 Å². The van der Waals surface area contributed by atoms with E-state index in [9.17, 15) is 4.79 Å². The van der Waals surface area contributed by atoms with E-state index in [1.54, 1.807) is 0 Å². The Balaban J connectivity index is 2.34. The van der Waals surface area contributed by atoms with E-state index in [2.05, 4.69) is 18.9 Å². The lowest BCUT2D eigenvalue weighted by Gasteiger charge is -2.33. The van der Waals surface area contributed by atoms with Gasteiger partial charge in [-0.3, -0.25) is 9.69 Å². The molecule has 0 amide bonds. The highest BCUT2D eigenvalue weighted by atomic mass is 16.1. The van der Waals surface area contributed by atoms with Gasteiger partial charge in [-0.15, -0.1) is 0 Å². The van der Waals surface area contributed by atoms with E-state index in [1.807, 2.05) is 13.8 Å². The predicted octanol–water partition coefficient (Wildman–Crippen LogP) is 2.72. The maximum absolute atomic E-state index is 11.6. The molecule has 1 saturated carbocycles. The van der Waals surface area contributed by atoms with Crippen LogP contribution in [0.3, 0.4) is 0 Å². The van der Waals surface area contributed by atoms with Crippen LogP contribution in [0.15, 0.2) is 0 Å². The second-order valence-electron chi connectivity index (χ2n) is 5.45. The third-order valence-corrected chi connectivity index (χ3v) is 3.66. The topological polar surface area (TPSA) is 20.3 Å². The molecule has 15 heavy (non-hydrogen) atoms. The fourth-order valence-electron chi connectivity index (χ4n) is 2.24. The molecule has 0 aromatic carbocycles. The highest BCUT2D eigenvalue weighted by Gasteiger charge is 2.23. The van der Waals surface area contributed by atoms with Crippen molar-refractivity contribution in [1.29, 1.82) is 0 Å². The van der Waals surface area contributed by atoms with Crippen LogP contribution in [0.5, 0.6) is 0 Å². The molecule has 0 bridgehead atoms. The molecule has 1 aliphatic rings. The van der Waals surface area contributed by atoms with Gasteiger partial charge in [0.25, 0.3) is 0 Å². The minimum atomic E-state index is 0.176. The Morgan fingerprint density at radius 1 is 1.27 bits per heavy atom. The fraction of sp³-hybridized carbons (Fsp3) is 0.923. The van der Waals surface area contributed by atoms with Gasteiger partial charge in [0.1, 0.15) is 5.78 Å². The molecule has 0 unspecified atom stereocenters. The number of nitrogens with zero attached hydrogens (tertiary/aromatic N) is 1. The molecule has 0 aromatic heterocycles. The Kier molecular flexibility index (Phi) is 4.78. The lowest BCUT2D eigenvalue weighted by molar-refractivity contribution is -0.123. The lowest BCUT2D eigenvalue weighted by atomic mass is 9.86. The molecule has 1 fully saturated rings. The number of carbonyl (C=O) groups excluding carboxylic acids is 1. The highest BCUT2D eigenvalue weighted by molar-refractivity contribution is 5.82. The van der Waals surface area contributed by atoms with Gasteiger partial charge in [-0.25, -0.2) is 0 Å². The van der Waals surface area contributed by atoms with Crippen LogP contribution in [0.2, 0.25) is 0 Å². The second kappa shape index (κ2) is 5.64. The molecule has 1 rings (SSSR count). The Morgan fingerprint density at radius 3 is 2.27 bits per heavy atom. The maximum atomic E-state index is 11.6. The monoisotopic (exact) mass is 211 g/mol. The molecule has 0 aromatic rings. The lowest BCUT2D eigenvalue weighted by Crippen LogP contribution is -2.39. The third kappa shape index (κ3) is 3.94. The maximum Gasteiger partial charge on any atom is 0.149 e. The molecular weight excluding hydrogens is 186 g/mol.